The van der Waals surface area contributed by atoms with Gasteiger partial charge in [0.2, 0.25) is 0 Å². The number of aliphatic hydroxyl groups excluding tert-OH is 1. The van der Waals surface area contributed by atoms with Gasteiger partial charge in [-0.1, -0.05) is 37.3 Å². The molecule has 21 heavy (non-hydrogen) atoms. The molecule has 1 heterocycles. The molecule has 0 aliphatic heterocycles. The lowest BCUT2D eigenvalue weighted by Gasteiger charge is -2.18. The summed E-state index contributed by atoms with van der Waals surface area (Å²) in [7, 11) is 0. The highest BCUT2D eigenvalue weighted by atomic mass is 32.1. The molecule has 0 spiro atoms. The van der Waals surface area contributed by atoms with Gasteiger partial charge in [-0.15, -0.1) is 0 Å². The SMILES string of the molecule is CC(CNC(=O)NC(CO)c1ccccc1)c1ccsc1. The minimum atomic E-state index is -0.386. The number of thiophene rings is 1. The average molecular weight is 304 g/mol. The van der Waals surface area contributed by atoms with Crippen molar-refractivity contribution < 1.29 is 9.90 Å². The Hall–Kier alpha value is -1.85. The van der Waals surface area contributed by atoms with Crippen LogP contribution in [0.15, 0.2) is 47.2 Å². The maximum atomic E-state index is 11.9. The highest BCUT2D eigenvalue weighted by Crippen LogP contribution is 2.17. The van der Waals surface area contributed by atoms with Crippen molar-refractivity contribution >= 4 is 17.4 Å². The lowest BCUT2D eigenvalue weighted by molar-refractivity contribution is 0.216. The second-order valence-corrected chi connectivity index (χ2v) is 5.74. The number of amides is 2. The number of rotatable bonds is 6. The van der Waals surface area contributed by atoms with Gasteiger partial charge in [0, 0.05) is 6.54 Å². The molecule has 3 N–H and O–H groups in total. The van der Waals surface area contributed by atoms with Crippen molar-refractivity contribution in [3.05, 3.63) is 58.3 Å². The quantitative estimate of drug-likeness (QED) is 0.768. The van der Waals surface area contributed by atoms with E-state index >= 15 is 0 Å². The number of nitrogens with one attached hydrogen (secondary N) is 2. The molecule has 1 aromatic carbocycles. The standard InChI is InChI=1S/C16H20N2O2S/c1-12(14-7-8-21-11-14)9-17-16(20)18-15(10-19)13-5-3-2-4-6-13/h2-8,11-12,15,19H,9-10H2,1H3,(H2,17,18,20). The minimum Gasteiger partial charge on any atom is -0.394 e. The van der Waals surface area contributed by atoms with Crippen molar-refractivity contribution in [1.82, 2.24) is 10.6 Å². The number of aliphatic hydroxyl groups is 1. The van der Waals surface area contributed by atoms with Gasteiger partial charge in [0.05, 0.1) is 12.6 Å². The maximum Gasteiger partial charge on any atom is 0.315 e. The first kappa shape index (κ1) is 15.5. The Morgan fingerprint density at radius 1 is 1.24 bits per heavy atom. The summed E-state index contributed by atoms with van der Waals surface area (Å²) in [6.45, 7) is 2.51. The van der Waals surface area contributed by atoms with Crippen LogP contribution in [0.4, 0.5) is 4.79 Å². The summed E-state index contributed by atoms with van der Waals surface area (Å²) in [5.74, 6) is 0.270. The molecule has 112 valence electrons. The van der Waals surface area contributed by atoms with Crippen LogP contribution in [0, 0.1) is 0 Å². The van der Waals surface area contributed by atoms with Crippen molar-refractivity contribution in [3.8, 4) is 0 Å². The smallest absolute Gasteiger partial charge is 0.315 e. The summed E-state index contributed by atoms with van der Waals surface area (Å²) < 4.78 is 0. The van der Waals surface area contributed by atoms with E-state index in [1.807, 2.05) is 35.7 Å². The minimum absolute atomic E-state index is 0.127. The van der Waals surface area contributed by atoms with Crippen LogP contribution in [0.1, 0.15) is 30.0 Å². The van der Waals surface area contributed by atoms with E-state index in [4.69, 9.17) is 0 Å². The molecule has 4 nitrogen and oxygen atoms in total. The van der Waals surface area contributed by atoms with Gasteiger partial charge < -0.3 is 15.7 Å². The summed E-state index contributed by atoms with van der Waals surface area (Å²) in [6, 6.07) is 10.9. The molecular weight excluding hydrogens is 284 g/mol. The van der Waals surface area contributed by atoms with Crippen LogP contribution in [0.2, 0.25) is 0 Å². The molecule has 0 fully saturated rings. The third-order valence-corrected chi connectivity index (χ3v) is 4.07. The third-order valence-electron chi connectivity index (χ3n) is 3.37. The van der Waals surface area contributed by atoms with Crippen molar-refractivity contribution in [2.24, 2.45) is 0 Å². The molecule has 0 bridgehead atoms. The molecular formula is C16H20N2O2S. The van der Waals surface area contributed by atoms with E-state index in [1.165, 1.54) is 5.56 Å². The first-order valence-electron chi connectivity index (χ1n) is 6.93. The second kappa shape index (κ2) is 7.81. The fourth-order valence-corrected chi connectivity index (χ4v) is 2.83. The molecule has 0 saturated carbocycles. The topological polar surface area (TPSA) is 61.4 Å². The number of hydrogen-bond acceptors (Lipinski definition) is 3. The number of carbonyl (C=O) groups is 1. The lowest BCUT2D eigenvalue weighted by Crippen LogP contribution is -2.40. The van der Waals surface area contributed by atoms with Crippen molar-refractivity contribution in [2.75, 3.05) is 13.2 Å². The van der Waals surface area contributed by atoms with Crippen LogP contribution in [0.25, 0.3) is 0 Å². The zero-order valence-corrected chi connectivity index (χ0v) is 12.8. The molecule has 2 amide bonds. The van der Waals surface area contributed by atoms with E-state index < -0.39 is 0 Å². The van der Waals surface area contributed by atoms with Gasteiger partial charge in [-0.25, -0.2) is 4.79 Å². The number of carbonyl (C=O) groups excluding carboxylic acids is 1. The Kier molecular flexibility index (Phi) is 5.78. The normalized spacial score (nSPS) is 13.4. The predicted octanol–water partition coefficient (Wildman–Crippen LogP) is 2.88. The van der Waals surface area contributed by atoms with Gasteiger partial charge in [-0.05, 0) is 33.9 Å². The van der Waals surface area contributed by atoms with Crippen LogP contribution in [-0.2, 0) is 0 Å². The Morgan fingerprint density at radius 3 is 2.62 bits per heavy atom. The largest absolute Gasteiger partial charge is 0.394 e. The van der Waals surface area contributed by atoms with Gasteiger partial charge in [0.15, 0.2) is 0 Å². The van der Waals surface area contributed by atoms with E-state index in [9.17, 15) is 9.90 Å². The van der Waals surface area contributed by atoms with Crippen molar-refractivity contribution in [1.29, 1.82) is 0 Å². The molecule has 2 unspecified atom stereocenters. The number of hydrogen-bond donors (Lipinski definition) is 3. The van der Waals surface area contributed by atoms with E-state index in [-0.39, 0.29) is 24.6 Å². The van der Waals surface area contributed by atoms with Gasteiger partial charge in [-0.3, -0.25) is 0 Å². The summed E-state index contributed by atoms with van der Waals surface area (Å²) in [5, 5.41) is 19.2. The van der Waals surface area contributed by atoms with Gasteiger partial charge in [0.25, 0.3) is 0 Å². The Morgan fingerprint density at radius 2 is 2.00 bits per heavy atom. The zero-order valence-electron chi connectivity index (χ0n) is 12.0. The second-order valence-electron chi connectivity index (χ2n) is 4.96. The number of urea groups is 1. The fourth-order valence-electron chi connectivity index (χ4n) is 2.05. The van der Waals surface area contributed by atoms with E-state index in [0.717, 1.165) is 5.56 Å². The first-order valence-corrected chi connectivity index (χ1v) is 7.87. The molecule has 2 aromatic rings. The Balaban J connectivity index is 1.83. The van der Waals surface area contributed by atoms with Crippen molar-refractivity contribution in [3.63, 3.8) is 0 Å². The first-order chi connectivity index (χ1) is 10.2. The van der Waals surface area contributed by atoms with Crippen molar-refractivity contribution in [2.45, 2.75) is 18.9 Å². The molecule has 0 radical (unpaired) electrons. The molecule has 2 atom stereocenters. The molecule has 2 rings (SSSR count). The monoisotopic (exact) mass is 304 g/mol. The van der Waals surface area contributed by atoms with Crippen LogP contribution >= 0.6 is 11.3 Å². The Labute approximate surface area is 128 Å². The molecule has 1 aromatic heterocycles. The van der Waals surface area contributed by atoms with E-state index in [0.29, 0.717) is 6.54 Å². The van der Waals surface area contributed by atoms with Gasteiger partial charge in [-0.2, -0.15) is 11.3 Å². The van der Waals surface area contributed by atoms with Gasteiger partial charge >= 0.3 is 6.03 Å². The summed E-state index contributed by atoms with van der Waals surface area (Å²) in [6.07, 6.45) is 0. The highest BCUT2D eigenvalue weighted by Gasteiger charge is 2.14. The molecule has 0 aliphatic rings. The molecule has 0 aliphatic carbocycles. The highest BCUT2D eigenvalue weighted by molar-refractivity contribution is 7.07. The lowest BCUT2D eigenvalue weighted by atomic mass is 10.1. The van der Waals surface area contributed by atoms with Crippen LogP contribution in [-0.4, -0.2) is 24.3 Å². The van der Waals surface area contributed by atoms with E-state index in [2.05, 4.69) is 29.0 Å². The summed E-state index contributed by atoms with van der Waals surface area (Å²) in [4.78, 5) is 11.9. The van der Waals surface area contributed by atoms with Gasteiger partial charge in [0.1, 0.15) is 0 Å². The fraction of sp³-hybridized carbons (Fsp3) is 0.312. The molecule has 0 saturated heterocycles. The van der Waals surface area contributed by atoms with Crippen LogP contribution in [0.3, 0.4) is 0 Å². The zero-order chi connectivity index (χ0) is 15.1. The van der Waals surface area contributed by atoms with Crippen LogP contribution < -0.4 is 10.6 Å². The molecule has 5 heteroatoms. The number of benzene rings is 1. The van der Waals surface area contributed by atoms with E-state index in [1.54, 1.807) is 11.3 Å². The average Bonchev–Trinajstić information content (AvgIpc) is 3.05. The Bertz CT molecular complexity index is 543. The third kappa shape index (κ3) is 4.58. The maximum absolute atomic E-state index is 11.9. The predicted molar refractivity (Wildman–Crippen MR) is 85.5 cm³/mol. The van der Waals surface area contributed by atoms with Crippen LogP contribution in [0.5, 0.6) is 0 Å². The summed E-state index contributed by atoms with van der Waals surface area (Å²) >= 11 is 1.65. The summed E-state index contributed by atoms with van der Waals surface area (Å²) in [5.41, 5.74) is 2.11.